The van der Waals surface area contributed by atoms with Crippen LogP contribution in [-0.4, -0.2) is 0 Å². The maximum absolute atomic E-state index is 5.55. The van der Waals surface area contributed by atoms with E-state index in [0.29, 0.717) is 8.81 Å². The molecular formula is C12H9OP. The lowest BCUT2D eigenvalue weighted by atomic mass is 10.0. The van der Waals surface area contributed by atoms with E-state index in [1.807, 2.05) is 0 Å². The second kappa shape index (κ2) is 3.25. The fourth-order valence-corrected chi connectivity index (χ4v) is 2.43. The summed E-state index contributed by atoms with van der Waals surface area (Å²) in [6.45, 7) is 0. The number of rotatable bonds is 0. The summed E-state index contributed by atoms with van der Waals surface area (Å²) in [7, 11) is 0.390. The van der Waals surface area contributed by atoms with Gasteiger partial charge in [-0.3, -0.25) is 0 Å². The third-order valence-corrected chi connectivity index (χ3v) is 3.14. The minimum Gasteiger partial charge on any atom is -0.476 e. The zero-order valence-corrected chi connectivity index (χ0v) is 8.58. The largest absolute Gasteiger partial charge is 0.476 e. The Balaban J connectivity index is 2.34. The van der Waals surface area contributed by atoms with E-state index >= 15 is 0 Å². The highest BCUT2D eigenvalue weighted by Gasteiger charge is 2.13. The predicted molar refractivity (Wildman–Crippen MR) is 59.8 cm³/mol. The van der Waals surface area contributed by atoms with Crippen molar-refractivity contribution in [1.29, 1.82) is 0 Å². The molecule has 0 saturated heterocycles. The van der Waals surface area contributed by atoms with E-state index in [1.165, 1.54) is 16.3 Å². The molecule has 1 nitrogen and oxygen atoms in total. The molecule has 1 atom stereocenters. The zero-order valence-electron chi connectivity index (χ0n) is 7.58. The quantitative estimate of drug-likeness (QED) is 0.592. The minimum absolute atomic E-state index is 0.390. The molecule has 0 aliphatic carbocycles. The van der Waals surface area contributed by atoms with Gasteiger partial charge in [-0.1, -0.05) is 30.3 Å². The Morgan fingerprint density at radius 2 is 2.07 bits per heavy atom. The normalized spacial score (nSPS) is 16.6. The van der Waals surface area contributed by atoms with E-state index in [0.717, 1.165) is 12.2 Å². The van der Waals surface area contributed by atoms with Crippen molar-refractivity contribution in [3.63, 3.8) is 0 Å². The van der Waals surface area contributed by atoms with Gasteiger partial charge in [-0.15, -0.1) is 0 Å². The molecule has 1 heterocycles. The molecule has 0 fully saturated rings. The summed E-state index contributed by atoms with van der Waals surface area (Å²) >= 11 is 0. The molecule has 0 amide bonds. The molecule has 2 radical (unpaired) electrons. The molecule has 0 N–H and O–H groups in total. The molecule has 0 aromatic heterocycles. The van der Waals surface area contributed by atoms with Crippen LogP contribution in [0.4, 0.5) is 0 Å². The summed E-state index contributed by atoms with van der Waals surface area (Å²) in [4.78, 5) is 0. The average molecular weight is 200 g/mol. The molecule has 0 bridgehead atoms. The molecule has 14 heavy (non-hydrogen) atoms. The SMILES string of the molecule is [C]1Cc2c(ccc3ccccc23)OP1. The summed E-state index contributed by atoms with van der Waals surface area (Å²) in [5.74, 6) is 1.03. The number of benzene rings is 2. The molecule has 68 valence electrons. The fraction of sp³-hybridized carbons (Fsp3) is 0.0833. The maximum Gasteiger partial charge on any atom is 0.126 e. The van der Waals surface area contributed by atoms with Gasteiger partial charge in [-0.05, 0) is 23.3 Å². The van der Waals surface area contributed by atoms with Gasteiger partial charge in [0.15, 0.2) is 0 Å². The highest BCUT2D eigenvalue weighted by atomic mass is 31.1. The van der Waals surface area contributed by atoms with Crippen molar-refractivity contribution < 1.29 is 4.52 Å². The molecule has 1 aliphatic heterocycles. The van der Waals surface area contributed by atoms with Crippen molar-refractivity contribution in [3.8, 4) is 5.75 Å². The number of fused-ring (bicyclic) bond motifs is 3. The fourth-order valence-electron chi connectivity index (χ4n) is 1.81. The predicted octanol–water partition coefficient (Wildman–Crippen LogP) is 3.41. The van der Waals surface area contributed by atoms with Crippen LogP contribution in [0.15, 0.2) is 36.4 Å². The Morgan fingerprint density at radius 3 is 3.07 bits per heavy atom. The summed E-state index contributed by atoms with van der Waals surface area (Å²) in [5.41, 5.74) is 1.28. The van der Waals surface area contributed by atoms with Gasteiger partial charge in [-0.25, -0.2) is 0 Å². The van der Waals surface area contributed by atoms with Crippen molar-refractivity contribution in [2.45, 2.75) is 6.42 Å². The summed E-state index contributed by atoms with van der Waals surface area (Å²) in [6, 6.07) is 12.6. The lowest BCUT2D eigenvalue weighted by Crippen LogP contribution is -1.96. The van der Waals surface area contributed by atoms with Gasteiger partial charge in [0, 0.05) is 5.56 Å². The third kappa shape index (κ3) is 1.20. The van der Waals surface area contributed by atoms with Gasteiger partial charge < -0.3 is 4.52 Å². The first-order chi connectivity index (χ1) is 6.95. The van der Waals surface area contributed by atoms with E-state index in [9.17, 15) is 0 Å². The Morgan fingerprint density at radius 1 is 1.14 bits per heavy atom. The van der Waals surface area contributed by atoms with Crippen LogP contribution in [0.2, 0.25) is 0 Å². The molecule has 3 rings (SSSR count). The second-order valence-electron chi connectivity index (χ2n) is 3.32. The van der Waals surface area contributed by atoms with Crippen molar-refractivity contribution in [2.75, 3.05) is 0 Å². The van der Waals surface area contributed by atoms with E-state index in [1.54, 1.807) is 0 Å². The van der Waals surface area contributed by atoms with Crippen LogP contribution in [0.5, 0.6) is 5.75 Å². The molecule has 1 unspecified atom stereocenters. The van der Waals surface area contributed by atoms with Gasteiger partial charge in [0.2, 0.25) is 0 Å². The van der Waals surface area contributed by atoms with Crippen LogP contribution in [0.1, 0.15) is 5.56 Å². The van der Waals surface area contributed by atoms with Crippen molar-refractivity contribution in [1.82, 2.24) is 0 Å². The third-order valence-electron chi connectivity index (χ3n) is 2.50. The monoisotopic (exact) mass is 200 g/mol. The molecule has 2 aromatic rings. The van der Waals surface area contributed by atoms with Gasteiger partial charge in [0.25, 0.3) is 0 Å². The van der Waals surface area contributed by atoms with Crippen molar-refractivity contribution >= 4 is 19.6 Å². The molecule has 2 aromatic carbocycles. The Hall–Kier alpha value is -1.07. The molecule has 2 heteroatoms. The van der Waals surface area contributed by atoms with E-state index in [2.05, 4.69) is 42.6 Å². The highest BCUT2D eigenvalue weighted by Crippen LogP contribution is 2.38. The molecule has 0 spiro atoms. The maximum atomic E-state index is 5.55. The smallest absolute Gasteiger partial charge is 0.126 e. The average Bonchev–Trinajstić information content (AvgIpc) is 2.29. The van der Waals surface area contributed by atoms with E-state index in [4.69, 9.17) is 4.52 Å². The van der Waals surface area contributed by atoms with Gasteiger partial charge in [-0.2, -0.15) is 0 Å². The van der Waals surface area contributed by atoms with Gasteiger partial charge >= 0.3 is 0 Å². The molecular weight excluding hydrogens is 191 g/mol. The Bertz CT molecular complexity index is 479. The first-order valence-corrected chi connectivity index (χ1v) is 5.51. The van der Waals surface area contributed by atoms with Crippen LogP contribution in [0.3, 0.4) is 0 Å². The van der Waals surface area contributed by atoms with E-state index in [-0.39, 0.29) is 0 Å². The summed E-state index contributed by atoms with van der Waals surface area (Å²) < 4.78 is 5.55. The highest BCUT2D eigenvalue weighted by molar-refractivity contribution is 7.35. The van der Waals surface area contributed by atoms with Crippen LogP contribution in [0.25, 0.3) is 10.8 Å². The lowest BCUT2D eigenvalue weighted by Gasteiger charge is -2.17. The lowest BCUT2D eigenvalue weighted by molar-refractivity contribution is 0.616. The van der Waals surface area contributed by atoms with Crippen LogP contribution < -0.4 is 4.52 Å². The summed E-state index contributed by atoms with van der Waals surface area (Å²) in [5, 5.41) is 2.57. The van der Waals surface area contributed by atoms with Crippen LogP contribution in [0, 0.1) is 6.16 Å². The van der Waals surface area contributed by atoms with Crippen molar-refractivity contribution in [3.05, 3.63) is 48.1 Å². The van der Waals surface area contributed by atoms with E-state index < -0.39 is 0 Å². The molecule has 1 aliphatic rings. The standard InChI is InChI=1S/C12H9OP/c1-2-4-10-9(3-1)5-6-12-11(10)7-8-14-13-12/h1-6,14H,7H2. The second-order valence-corrected chi connectivity index (χ2v) is 4.08. The number of hydrogen-bond acceptors (Lipinski definition) is 1. The minimum atomic E-state index is 0.390. The topological polar surface area (TPSA) is 9.23 Å². The van der Waals surface area contributed by atoms with Crippen molar-refractivity contribution in [2.24, 2.45) is 0 Å². The number of hydrogen-bond donors (Lipinski definition) is 0. The van der Waals surface area contributed by atoms with Crippen LogP contribution in [-0.2, 0) is 6.42 Å². The Labute approximate surface area is 85.0 Å². The first kappa shape index (κ1) is 8.26. The van der Waals surface area contributed by atoms with Crippen LogP contribution >= 0.6 is 8.81 Å². The molecule has 0 saturated carbocycles. The Kier molecular flexibility index (Phi) is 1.92. The summed E-state index contributed by atoms with van der Waals surface area (Å²) in [6.07, 6.45) is 4.15. The first-order valence-electron chi connectivity index (χ1n) is 4.60. The van der Waals surface area contributed by atoms with Gasteiger partial charge in [0.05, 0.1) is 15.0 Å². The zero-order chi connectivity index (χ0) is 9.38. The van der Waals surface area contributed by atoms with Gasteiger partial charge in [0.1, 0.15) is 5.75 Å².